The maximum Gasteiger partial charge on any atom is 0.266 e. The summed E-state index contributed by atoms with van der Waals surface area (Å²) in [5, 5.41) is 12.1. The number of carbonyl (C=O) groups is 2. The second-order valence-electron chi connectivity index (χ2n) is 6.90. The van der Waals surface area contributed by atoms with E-state index in [1.54, 1.807) is 12.1 Å². The van der Waals surface area contributed by atoms with Gasteiger partial charge in [-0.3, -0.25) is 9.59 Å². The number of nitrogens with zero attached hydrogens (tertiary/aromatic N) is 2. The van der Waals surface area contributed by atoms with Gasteiger partial charge in [0.2, 0.25) is 0 Å². The maximum absolute atomic E-state index is 13.0. The molecule has 0 spiro atoms. The zero-order chi connectivity index (χ0) is 21.8. The smallest absolute Gasteiger partial charge is 0.266 e. The molecule has 0 bridgehead atoms. The number of Topliss-reactive ketones (excluding diaryl/α,β-unsaturated/α-hetero) is 1. The molecule has 3 aromatic rings. The first-order chi connectivity index (χ1) is 14.3. The first-order valence-corrected chi connectivity index (χ1v) is 9.29. The first-order valence-electron chi connectivity index (χ1n) is 9.29. The molecule has 0 aliphatic heterocycles. The van der Waals surface area contributed by atoms with E-state index in [4.69, 9.17) is 0 Å². The minimum absolute atomic E-state index is 0.00282. The number of amides is 1. The molecular weight excluding hydrogens is 381 g/mol. The van der Waals surface area contributed by atoms with E-state index in [1.807, 2.05) is 42.7 Å². The van der Waals surface area contributed by atoms with Crippen LogP contribution < -0.4 is 5.32 Å². The van der Waals surface area contributed by atoms with Crippen LogP contribution in [-0.2, 0) is 4.79 Å². The Kier molecular flexibility index (Phi) is 5.93. The molecule has 0 atom stereocenters. The van der Waals surface area contributed by atoms with Crippen LogP contribution in [0.1, 0.15) is 34.2 Å². The highest BCUT2D eigenvalue weighted by atomic mass is 19.1. The largest absolute Gasteiger partial charge is 0.321 e. The summed E-state index contributed by atoms with van der Waals surface area (Å²) in [5.74, 6) is -0.982. The lowest BCUT2D eigenvalue weighted by Crippen LogP contribution is -2.13. The summed E-state index contributed by atoms with van der Waals surface area (Å²) in [4.78, 5) is 24.0. The summed E-state index contributed by atoms with van der Waals surface area (Å²) in [6, 6.07) is 16.4. The van der Waals surface area contributed by atoms with Crippen LogP contribution in [0.15, 0.2) is 60.2 Å². The predicted octanol–water partition coefficient (Wildman–Crippen LogP) is 4.98. The van der Waals surface area contributed by atoms with E-state index in [0.29, 0.717) is 11.3 Å². The Morgan fingerprint density at radius 3 is 2.27 bits per heavy atom. The van der Waals surface area contributed by atoms with Crippen molar-refractivity contribution >= 4 is 23.5 Å². The number of aromatic nitrogens is 1. The number of nitrogens with one attached hydrogen (secondary N) is 1. The molecule has 0 aliphatic carbocycles. The molecule has 150 valence electrons. The van der Waals surface area contributed by atoms with Gasteiger partial charge in [-0.05, 0) is 87.0 Å². The van der Waals surface area contributed by atoms with Crippen LogP contribution in [0.3, 0.4) is 0 Å². The number of rotatable bonds is 5. The molecule has 3 rings (SSSR count). The summed E-state index contributed by atoms with van der Waals surface area (Å²) in [6.07, 6.45) is 1.53. The Labute approximate surface area is 174 Å². The van der Waals surface area contributed by atoms with Gasteiger partial charge in [0.1, 0.15) is 17.5 Å². The summed E-state index contributed by atoms with van der Waals surface area (Å²) in [6.45, 7) is 5.34. The molecule has 0 saturated heterocycles. The quantitative estimate of drug-likeness (QED) is 0.372. The first kappa shape index (κ1) is 20.7. The van der Waals surface area contributed by atoms with Crippen LogP contribution in [0, 0.1) is 31.0 Å². The van der Waals surface area contributed by atoms with Crippen LogP contribution >= 0.6 is 0 Å². The molecule has 1 amide bonds. The third-order valence-corrected chi connectivity index (χ3v) is 4.77. The molecule has 0 aliphatic rings. The van der Waals surface area contributed by atoms with E-state index < -0.39 is 11.7 Å². The van der Waals surface area contributed by atoms with E-state index in [9.17, 15) is 19.2 Å². The molecule has 1 heterocycles. The van der Waals surface area contributed by atoms with E-state index in [2.05, 4.69) is 5.32 Å². The van der Waals surface area contributed by atoms with Gasteiger partial charge < -0.3 is 9.88 Å². The molecule has 0 unspecified atom stereocenters. The van der Waals surface area contributed by atoms with Gasteiger partial charge in [0.25, 0.3) is 5.91 Å². The lowest BCUT2D eigenvalue weighted by molar-refractivity contribution is -0.112. The van der Waals surface area contributed by atoms with Gasteiger partial charge in [0, 0.05) is 28.3 Å². The molecular formula is C24H20FN3O2. The number of carbonyl (C=O) groups excluding carboxylic acids is 2. The van der Waals surface area contributed by atoms with Crippen LogP contribution in [0.25, 0.3) is 11.8 Å². The molecule has 0 saturated carbocycles. The van der Waals surface area contributed by atoms with Crippen molar-refractivity contribution in [3.63, 3.8) is 0 Å². The van der Waals surface area contributed by atoms with E-state index in [1.165, 1.54) is 37.3 Å². The third kappa shape index (κ3) is 4.36. The van der Waals surface area contributed by atoms with Crippen molar-refractivity contribution < 1.29 is 14.0 Å². The summed E-state index contributed by atoms with van der Waals surface area (Å²) >= 11 is 0. The number of nitriles is 1. The zero-order valence-corrected chi connectivity index (χ0v) is 16.9. The van der Waals surface area contributed by atoms with Gasteiger partial charge in [-0.15, -0.1) is 0 Å². The number of benzene rings is 2. The van der Waals surface area contributed by atoms with E-state index in [0.717, 1.165) is 22.6 Å². The predicted molar refractivity (Wildman–Crippen MR) is 114 cm³/mol. The standard InChI is InChI=1S/C24H20FN3O2/c1-15-12-19(16(2)28(15)23-10-4-18(5-11-23)17(3)29)13-20(14-26)24(30)27-22-8-6-21(25)7-9-22/h4-13H,1-3H3,(H,27,30)/b20-13+. The summed E-state index contributed by atoms with van der Waals surface area (Å²) in [5.41, 5.74) is 4.35. The Bertz CT molecular complexity index is 1180. The van der Waals surface area contributed by atoms with Crippen molar-refractivity contribution in [1.82, 2.24) is 4.57 Å². The van der Waals surface area contributed by atoms with Gasteiger partial charge in [0.05, 0.1) is 0 Å². The Morgan fingerprint density at radius 1 is 1.07 bits per heavy atom. The van der Waals surface area contributed by atoms with Gasteiger partial charge in [0.15, 0.2) is 5.78 Å². The van der Waals surface area contributed by atoms with Gasteiger partial charge in [-0.1, -0.05) is 0 Å². The van der Waals surface area contributed by atoms with Gasteiger partial charge in [-0.25, -0.2) is 4.39 Å². The second-order valence-corrected chi connectivity index (χ2v) is 6.90. The summed E-state index contributed by atoms with van der Waals surface area (Å²) in [7, 11) is 0. The lowest BCUT2D eigenvalue weighted by Gasteiger charge is -2.10. The fraction of sp³-hybridized carbons (Fsp3) is 0.125. The number of hydrogen-bond acceptors (Lipinski definition) is 3. The van der Waals surface area contributed by atoms with Crippen LogP contribution in [0.4, 0.5) is 10.1 Å². The molecule has 2 aromatic carbocycles. The lowest BCUT2D eigenvalue weighted by atomic mass is 10.1. The maximum atomic E-state index is 13.0. The Hall–Kier alpha value is -3.98. The monoisotopic (exact) mass is 401 g/mol. The Balaban J connectivity index is 1.91. The van der Waals surface area contributed by atoms with Crippen LogP contribution in [-0.4, -0.2) is 16.3 Å². The normalized spacial score (nSPS) is 11.1. The van der Waals surface area contributed by atoms with Crippen molar-refractivity contribution in [3.8, 4) is 11.8 Å². The minimum Gasteiger partial charge on any atom is -0.321 e. The molecule has 5 nitrogen and oxygen atoms in total. The van der Waals surface area contributed by atoms with Crippen LogP contribution in [0.2, 0.25) is 0 Å². The molecule has 30 heavy (non-hydrogen) atoms. The van der Waals surface area contributed by atoms with Gasteiger partial charge >= 0.3 is 0 Å². The van der Waals surface area contributed by atoms with Gasteiger partial charge in [-0.2, -0.15) is 5.26 Å². The van der Waals surface area contributed by atoms with Crippen molar-refractivity contribution in [2.75, 3.05) is 5.32 Å². The number of hydrogen-bond donors (Lipinski definition) is 1. The topological polar surface area (TPSA) is 74.9 Å². The van der Waals surface area contributed by atoms with Crippen molar-refractivity contribution in [2.45, 2.75) is 20.8 Å². The van der Waals surface area contributed by atoms with Crippen molar-refractivity contribution in [1.29, 1.82) is 5.26 Å². The number of aryl methyl sites for hydroxylation is 1. The van der Waals surface area contributed by atoms with E-state index in [-0.39, 0.29) is 11.4 Å². The average molecular weight is 401 g/mol. The zero-order valence-electron chi connectivity index (χ0n) is 16.9. The molecule has 0 radical (unpaired) electrons. The fourth-order valence-electron chi connectivity index (χ4n) is 3.21. The molecule has 1 N–H and O–H groups in total. The average Bonchev–Trinajstić information content (AvgIpc) is 3.00. The Morgan fingerprint density at radius 2 is 1.70 bits per heavy atom. The minimum atomic E-state index is -0.570. The highest BCUT2D eigenvalue weighted by Crippen LogP contribution is 2.23. The molecule has 1 aromatic heterocycles. The SMILES string of the molecule is CC(=O)c1ccc(-n2c(C)cc(/C=C(\C#N)C(=O)Nc3ccc(F)cc3)c2C)cc1. The molecule has 6 heteroatoms. The number of ketones is 1. The second kappa shape index (κ2) is 8.58. The fourth-order valence-corrected chi connectivity index (χ4v) is 3.21. The van der Waals surface area contributed by atoms with E-state index >= 15 is 0 Å². The van der Waals surface area contributed by atoms with Crippen molar-refractivity contribution in [2.24, 2.45) is 0 Å². The highest BCUT2D eigenvalue weighted by Gasteiger charge is 2.14. The van der Waals surface area contributed by atoms with Crippen LogP contribution in [0.5, 0.6) is 0 Å². The summed E-state index contributed by atoms with van der Waals surface area (Å²) < 4.78 is 15.0. The molecule has 0 fully saturated rings. The highest BCUT2D eigenvalue weighted by molar-refractivity contribution is 6.09. The third-order valence-electron chi connectivity index (χ3n) is 4.77. The number of anilines is 1. The van der Waals surface area contributed by atoms with Crippen molar-refractivity contribution in [3.05, 3.63) is 88.5 Å². The number of halogens is 1.